The first-order valence-electron chi connectivity index (χ1n) is 8.90. The maximum Gasteiger partial charge on any atom is 0.254 e. The van der Waals surface area contributed by atoms with Gasteiger partial charge in [-0.1, -0.05) is 6.07 Å². The lowest BCUT2D eigenvalue weighted by molar-refractivity contribution is 0.0624. The van der Waals surface area contributed by atoms with Crippen molar-refractivity contribution in [2.24, 2.45) is 17.8 Å². The topological polar surface area (TPSA) is 61.8 Å². The number of carbonyl (C=O) groups is 1. The number of amides is 1. The maximum absolute atomic E-state index is 12.9. The molecule has 2 aliphatic rings. The van der Waals surface area contributed by atoms with Gasteiger partial charge >= 0.3 is 0 Å². The van der Waals surface area contributed by atoms with Crippen molar-refractivity contribution < 1.29 is 14.6 Å². The van der Waals surface area contributed by atoms with Gasteiger partial charge in [0, 0.05) is 37.4 Å². The third kappa shape index (κ3) is 3.28. The van der Waals surface area contributed by atoms with Crippen molar-refractivity contribution in [3.8, 4) is 5.75 Å². The molecule has 0 unspecified atom stereocenters. The van der Waals surface area contributed by atoms with Crippen molar-refractivity contribution in [2.45, 2.75) is 19.8 Å². The minimum Gasteiger partial charge on any atom is -0.496 e. The predicted molar refractivity (Wildman–Crippen MR) is 93.3 cm³/mol. The fourth-order valence-electron chi connectivity index (χ4n) is 4.27. The van der Waals surface area contributed by atoms with Gasteiger partial charge in [0.2, 0.25) is 0 Å². The van der Waals surface area contributed by atoms with Gasteiger partial charge in [0.05, 0.1) is 7.11 Å². The Balaban J connectivity index is 1.63. The summed E-state index contributed by atoms with van der Waals surface area (Å²) < 4.78 is 5.33. The van der Waals surface area contributed by atoms with Crippen molar-refractivity contribution in [2.75, 3.05) is 39.9 Å². The smallest absolute Gasteiger partial charge is 0.254 e. The summed E-state index contributed by atoms with van der Waals surface area (Å²) >= 11 is 0. The molecule has 0 spiro atoms. The molecule has 1 aromatic rings. The number of hydrogen-bond donors (Lipinski definition) is 2. The Kier molecular flexibility index (Phi) is 5.41. The number of methoxy groups -OCH3 is 1. The van der Waals surface area contributed by atoms with Crippen LogP contribution in [0.4, 0.5) is 0 Å². The van der Waals surface area contributed by atoms with E-state index in [0.717, 1.165) is 55.9 Å². The lowest BCUT2D eigenvalue weighted by atomic mass is 9.78. The van der Waals surface area contributed by atoms with E-state index in [1.165, 1.54) is 0 Å². The molecule has 5 heteroatoms. The first kappa shape index (κ1) is 17.2. The van der Waals surface area contributed by atoms with Crippen LogP contribution < -0.4 is 10.1 Å². The highest BCUT2D eigenvalue weighted by Gasteiger charge is 2.36. The molecule has 3 rings (SSSR count). The van der Waals surface area contributed by atoms with Crippen LogP contribution in [0.25, 0.3) is 0 Å². The summed E-state index contributed by atoms with van der Waals surface area (Å²) in [5.41, 5.74) is 1.65. The highest BCUT2D eigenvalue weighted by molar-refractivity contribution is 5.96. The minimum atomic E-state index is 0.105. The van der Waals surface area contributed by atoms with E-state index in [1.807, 2.05) is 30.0 Å². The molecule has 0 aliphatic carbocycles. The first-order chi connectivity index (χ1) is 11.7. The van der Waals surface area contributed by atoms with Gasteiger partial charge in [0.1, 0.15) is 5.75 Å². The normalized spacial score (nSPS) is 25.0. The molecule has 2 fully saturated rings. The van der Waals surface area contributed by atoms with Crippen molar-refractivity contribution in [3.63, 3.8) is 0 Å². The Morgan fingerprint density at radius 3 is 2.75 bits per heavy atom. The number of nitrogens with one attached hydrogen (secondary N) is 1. The van der Waals surface area contributed by atoms with Crippen LogP contribution >= 0.6 is 0 Å². The molecular weight excluding hydrogens is 304 g/mol. The van der Waals surface area contributed by atoms with Crippen molar-refractivity contribution in [3.05, 3.63) is 29.3 Å². The van der Waals surface area contributed by atoms with Gasteiger partial charge in [-0.2, -0.15) is 0 Å². The molecule has 2 saturated heterocycles. The quantitative estimate of drug-likeness (QED) is 0.881. The van der Waals surface area contributed by atoms with Crippen molar-refractivity contribution in [1.29, 1.82) is 0 Å². The first-order valence-corrected chi connectivity index (χ1v) is 8.90. The van der Waals surface area contributed by atoms with Gasteiger partial charge in [-0.25, -0.2) is 0 Å². The number of nitrogens with zero attached hydrogens (tertiary/aromatic N) is 1. The van der Waals surface area contributed by atoms with Crippen LogP contribution in [0.2, 0.25) is 0 Å². The van der Waals surface area contributed by atoms with Crippen LogP contribution in [0.15, 0.2) is 18.2 Å². The zero-order valence-corrected chi connectivity index (χ0v) is 14.6. The number of ether oxygens (including phenoxy) is 1. The largest absolute Gasteiger partial charge is 0.496 e. The van der Waals surface area contributed by atoms with Crippen molar-refractivity contribution in [1.82, 2.24) is 10.2 Å². The highest BCUT2D eigenvalue weighted by atomic mass is 16.5. The second-order valence-electron chi connectivity index (χ2n) is 7.03. The van der Waals surface area contributed by atoms with Crippen molar-refractivity contribution >= 4 is 5.91 Å². The average molecular weight is 332 g/mol. The number of piperidine rings is 1. The van der Waals surface area contributed by atoms with E-state index < -0.39 is 0 Å². The molecule has 2 N–H and O–H groups in total. The summed E-state index contributed by atoms with van der Waals surface area (Å²) in [4.78, 5) is 14.8. The van der Waals surface area contributed by atoms with Crippen LogP contribution in [0.5, 0.6) is 5.75 Å². The Hall–Kier alpha value is -1.59. The molecule has 1 amide bonds. The summed E-state index contributed by atoms with van der Waals surface area (Å²) in [5, 5.41) is 12.9. The molecule has 132 valence electrons. The molecule has 24 heavy (non-hydrogen) atoms. The van der Waals surface area contributed by atoms with Crippen LogP contribution in [0.1, 0.15) is 28.8 Å². The molecular formula is C19H28N2O3. The maximum atomic E-state index is 12.9. The fourth-order valence-corrected chi connectivity index (χ4v) is 4.27. The van der Waals surface area contributed by atoms with E-state index in [4.69, 9.17) is 4.74 Å². The number of aliphatic hydroxyl groups excluding tert-OH is 1. The van der Waals surface area contributed by atoms with Gasteiger partial charge in [-0.05, 0) is 56.2 Å². The van der Waals surface area contributed by atoms with E-state index in [2.05, 4.69) is 5.32 Å². The Morgan fingerprint density at radius 1 is 1.33 bits per heavy atom. The Morgan fingerprint density at radius 2 is 2.08 bits per heavy atom. The van der Waals surface area contributed by atoms with Crippen LogP contribution in [0, 0.1) is 24.7 Å². The molecule has 5 nitrogen and oxygen atoms in total. The fraction of sp³-hybridized carbons (Fsp3) is 0.632. The Bertz CT molecular complexity index is 582. The molecule has 2 heterocycles. The van der Waals surface area contributed by atoms with E-state index in [9.17, 15) is 9.90 Å². The van der Waals surface area contributed by atoms with Gasteiger partial charge < -0.3 is 20.1 Å². The second-order valence-corrected chi connectivity index (χ2v) is 7.03. The van der Waals surface area contributed by atoms with E-state index in [1.54, 1.807) is 7.11 Å². The van der Waals surface area contributed by atoms with Gasteiger partial charge in [0.15, 0.2) is 0 Å². The lowest BCUT2D eigenvalue weighted by Gasteiger charge is -2.36. The third-order valence-corrected chi connectivity index (χ3v) is 5.79. The third-order valence-electron chi connectivity index (χ3n) is 5.79. The monoisotopic (exact) mass is 332 g/mol. The number of hydrogen-bond acceptors (Lipinski definition) is 4. The molecule has 0 saturated carbocycles. The summed E-state index contributed by atoms with van der Waals surface area (Å²) in [6, 6.07) is 5.65. The molecule has 0 bridgehead atoms. The summed E-state index contributed by atoms with van der Waals surface area (Å²) in [6.45, 7) is 5.72. The molecule has 1 aromatic carbocycles. The van der Waals surface area contributed by atoms with Gasteiger partial charge in [-0.3, -0.25) is 4.79 Å². The van der Waals surface area contributed by atoms with Gasteiger partial charge in [0.25, 0.3) is 5.91 Å². The summed E-state index contributed by atoms with van der Waals surface area (Å²) in [7, 11) is 1.63. The zero-order valence-electron chi connectivity index (χ0n) is 14.6. The number of aliphatic hydroxyl groups is 1. The minimum absolute atomic E-state index is 0.105. The molecule has 0 aromatic heterocycles. The van der Waals surface area contributed by atoms with E-state index in [-0.39, 0.29) is 12.5 Å². The summed E-state index contributed by atoms with van der Waals surface area (Å²) in [6.07, 6.45) is 2.05. The zero-order chi connectivity index (χ0) is 17.1. The SMILES string of the molecule is COc1cccc(C(=O)N2CCC([C@@H]3CNC[C@H]3CO)CC2)c1C. The molecule has 2 atom stereocenters. The van der Waals surface area contributed by atoms with Crippen LogP contribution in [0.3, 0.4) is 0 Å². The second kappa shape index (κ2) is 7.53. The number of likely N-dealkylation sites (tertiary alicyclic amines) is 1. The van der Waals surface area contributed by atoms with Gasteiger partial charge in [-0.15, -0.1) is 0 Å². The average Bonchev–Trinajstić information content (AvgIpc) is 3.10. The lowest BCUT2D eigenvalue weighted by Crippen LogP contribution is -2.41. The Labute approximate surface area is 144 Å². The number of rotatable bonds is 4. The molecule has 2 aliphatic heterocycles. The predicted octanol–water partition coefficient (Wildman–Crippen LogP) is 1.68. The van der Waals surface area contributed by atoms with Crippen LogP contribution in [-0.2, 0) is 0 Å². The van der Waals surface area contributed by atoms with Crippen LogP contribution in [-0.4, -0.2) is 55.8 Å². The number of carbonyl (C=O) groups excluding carboxylic acids is 1. The highest BCUT2D eigenvalue weighted by Crippen LogP contribution is 2.33. The van der Waals surface area contributed by atoms with E-state index >= 15 is 0 Å². The standard InChI is InChI=1S/C19H28N2O3/c1-13-16(4-3-5-18(13)24-2)19(23)21-8-6-14(7-9-21)17-11-20-10-15(17)12-22/h3-5,14-15,17,20,22H,6-12H2,1-2H3/t15-,17-/m0/s1. The number of benzene rings is 1. The molecule has 0 radical (unpaired) electrons. The summed E-state index contributed by atoms with van der Waals surface area (Å²) in [5.74, 6) is 2.39. The van der Waals surface area contributed by atoms with E-state index in [0.29, 0.717) is 17.8 Å².